The van der Waals surface area contributed by atoms with Crippen molar-refractivity contribution in [2.24, 2.45) is 0 Å². The molecular formula is C16H25NO. The van der Waals surface area contributed by atoms with E-state index in [4.69, 9.17) is 4.74 Å². The first-order valence-electron chi connectivity index (χ1n) is 7.12. The second-order valence-electron chi connectivity index (χ2n) is 5.48. The van der Waals surface area contributed by atoms with E-state index in [2.05, 4.69) is 43.1 Å². The second-order valence-corrected chi connectivity index (χ2v) is 5.48. The maximum Gasteiger partial charge on any atom is 0.119 e. The largest absolute Gasteiger partial charge is 0.494 e. The minimum atomic E-state index is 0.344. The molecule has 1 fully saturated rings. The molecule has 0 radical (unpaired) electrons. The van der Waals surface area contributed by atoms with Gasteiger partial charge in [-0.1, -0.05) is 25.5 Å². The zero-order valence-corrected chi connectivity index (χ0v) is 11.9. The number of nitrogens with zero attached hydrogens (tertiary/aromatic N) is 1. The summed E-state index contributed by atoms with van der Waals surface area (Å²) in [6, 6.07) is 8.72. The van der Waals surface area contributed by atoms with Crippen LogP contribution in [0.25, 0.3) is 0 Å². The number of hydrogen-bond acceptors (Lipinski definition) is 2. The van der Waals surface area contributed by atoms with E-state index >= 15 is 0 Å². The molecule has 1 aromatic rings. The molecule has 2 nitrogen and oxygen atoms in total. The van der Waals surface area contributed by atoms with Crippen molar-refractivity contribution >= 4 is 0 Å². The summed E-state index contributed by atoms with van der Waals surface area (Å²) in [4.78, 5) is 2.45. The minimum absolute atomic E-state index is 0.344. The summed E-state index contributed by atoms with van der Waals surface area (Å²) < 4.78 is 5.64. The third-order valence-electron chi connectivity index (χ3n) is 4.03. The fourth-order valence-electron chi connectivity index (χ4n) is 3.22. The van der Waals surface area contributed by atoms with Crippen molar-refractivity contribution in [3.63, 3.8) is 0 Å². The van der Waals surface area contributed by atoms with E-state index in [-0.39, 0.29) is 0 Å². The van der Waals surface area contributed by atoms with Crippen molar-refractivity contribution in [1.82, 2.24) is 4.90 Å². The number of rotatable bonds is 5. The molecule has 18 heavy (non-hydrogen) atoms. The van der Waals surface area contributed by atoms with Crippen molar-refractivity contribution in [3.8, 4) is 5.75 Å². The highest BCUT2D eigenvalue weighted by molar-refractivity contribution is 5.35. The molecular weight excluding hydrogens is 222 g/mol. The van der Waals surface area contributed by atoms with Crippen LogP contribution in [0.1, 0.15) is 38.7 Å². The van der Waals surface area contributed by atoms with Crippen LogP contribution in [0.4, 0.5) is 0 Å². The maximum absolute atomic E-state index is 5.64. The van der Waals surface area contributed by atoms with Gasteiger partial charge in [-0.05, 0) is 51.1 Å². The molecule has 1 aliphatic rings. The highest BCUT2D eigenvalue weighted by atomic mass is 16.5. The van der Waals surface area contributed by atoms with Gasteiger partial charge in [0.15, 0.2) is 0 Å². The van der Waals surface area contributed by atoms with Crippen molar-refractivity contribution in [2.75, 3.05) is 26.7 Å². The lowest BCUT2D eigenvalue weighted by Gasteiger charge is -2.29. The third kappa shape index (κ3) is 2.69. The van der Waals surface area contributed by atoms with Crippen molar-refractivity contribution in [2.45, 2.75) is 38.5 Å². The first kappa shape index (κ1) is 13.4. The average Bonchev–Trinajstić information content (AvgIpc) is 2.73. The molecule has 1 atom stereocenters. The molecule has 1 aliphatic heterocycles. The standard InChI is InChI=1S/C16H25NO/c1-4-9-16(10-11-17(3)13-16)14-7-6-8-15(12-14)18-5-2/h6-8,12H,4-5,9-11,13H2,1-3H3/t16-/m1/s1. The predicted octanol–water partition coefficient (Wildman–Crippen LogP) is 3.46. The Labute approximate surface area is 111 Å². The van der Waals surface area contributed by atoms with E-state index in [9.17, 15) is 0 Å². The topological polar surface area (TPSA) is 12.5 Å². The van der Waals surface area contributed by atoms with Gasteiger partial charge in [0, 0.05) is 12.0 Å². The molecule has 0 saturated carbocycles. The van der Waals surface area contributed by atoms with E-state index in [0.29, 0.717) is 5.41 Å². The molecule has 0 N–H and O–H groups in total. The Balaban J connectivity index is 2.28. The van der Waals surface area contributed by atoms with Gasteiger partial charge in [-0.2, -0.15) is 0 Å². The molecule has 0 spiro atoms. The third-order valence-corrected chi connectivity index (χ3v) is 4.03. The summed E-state index contributed by atoms with van der Waals surface area (Å²) in [6.45, 7) is 7.45. The molecule has 0 bridgehead atoms. The number of likely N-dealkylation sites (N-methyl/N-ethyl adjacent to an activating group) is 1. The lowest BCUT2D eigenvalue weighted by atomic mass is 9.76. The van der Waals surface area contributed by atoms with Crippen LogP contribution in [0.15, 0.2) is 24.3 Å². The highest BCUT2D eigenvalue weighted by Gasteiger charge is 2.37. The fraction of sp³-hybridized carbons (Fsp3) is 0.625. The Morgan fingerprint density at radius 3 is 2.78 bits per heavy atom. The molecule has 1 aromatic carbocycles. The lowest BCUT2D eigenvalue weighted by Crippen LogP contribution is -2.29. The summed E-state index contributed by atoms with van der Waals surface area (Å²) in [5, 5.41) is 0. The molecule has 0 aromatic heterocycles. The van der Waals surface area contributed by atoms with Gasteiger partial charge in [0.1, 0.15) is 5.75 Å². The van der Waals surface area contributed by atoms with Crippen LogP contribution in [0.2, 0.25) is 0 Å². The summed E-state index contributed by atoms with van der Waals surface area (Å²) in [7, 11) is 2.23. The quantitative estimate of drug-likeness (QED) is 0.790. The lowest BCUT2D eigenvalue weighted by molar-refractivity contribution is 0.333. The average molecular weight is 247 g/mol. The Kier molecular flexibility index (Phi) is 4.28. The van der Waals surface area contributed by atoms with E-state index in [1.807, 2.05) is 6.92 Å². The highest BCUT2D eigenvalue weighted by Crippen LogP contribution is 2.39. The molecule has 100 valence electrons. The van der Waals surface area contributed by atoms with E-state index < -0.39 is 0 Å². The normalized spacial score (nSPS) is 24.4. The van der Waals surface area contributed by atoms with Crippen LogP contribution in [0, 0.1) is 0 Å². The molecule has 2 rings (SSSR count). The maximum atomic E-state index is 5.64. The summed E-state index contributed by atoms with van der Waals surface area (Å²) in [5.74, 6) is 1.01. The number of benzene rings is 1. The SMILES string of the molecule is CCC[C@@]1(c2cccc(OCC)c2)CCN(C)C1. The number of ether oxygens (including phenoxy) is 1. The molecule has 2 heteroatoms. The van der Waals surface area contributed by atoms with Crippen LogP contribution in [-0.4, -0.2) is 31.6 Å². The van der Waals surface area contributed by atoms with Crippen LogP contribution < -0.4 is 4.74 Å². The predicted molar refractivity (Wildman–Crippen MR) is 76.3 cm³/mol. The van der Waals surface area contributed by atoms with Crippen LogP contribution >= 0.6 is 0 Å². The molecule has 1 heterocycles. The second kappa shape index (κ2) is 5.75. The Morgan fingerprint density at radius 2 is 2.17 bits per heavy atom. The summed E-state index contributed by atoms with van der Waals surface area (Å²) >= 11 is 0. The van der Waals surface area contributed by atoms with Gasteiger partial charge in [0.05, 0.1) is 6.61 Å². The van der Waals surface area contributed by atoms with E-state index in [1.165, 1.54) is 37.9 Å². The zero-order valence-electron chi connectivity index (χ0n) is 11.9. The summed E-state index contributed by atoms with van der Waals surface area (Å²) in [5.41, 5.74) is 1.80. The van der Waals surface area contributed by atoms with Gasteiger partial charge in [-0.15, -0.1) is 0 Å². The zero-order chi connectivity index (χ0) is 13.0. The minimum Gasteiger partial charge on any atom is -0.494 e. The Hall–Kier alpha value is -1.02. The Morgan fingerprint density at radius 1 is 1.33 bits per heavy atom. The van der Waals surface area contributed by atoms with Gasteiger partial charge in [-0.3, -0.25) is 0 Å². The van der Waals surface area contributed by atoms with Crippen molar-refractivity contribution in [3.05, 3.63) is 29.8 Å². The first-order chi connectivity index (χ1) is 8.70. The number of hydrogen-bond donors (Lipinski definition) is 0. The van der Waals surface area contributed by atoms with E-state index in [1.54, 1.807) is 0 Å². The van der Waals surface area contributed by atoms with Crippen LogP contribution in [-0.2, 0) is 5.41 Å². The van der Waals surface area contributed by atoms with Gasteiger partial charge in [0.25, 0.3) is 0 Å². The summed E-state index contributed by atoms with van der Waals surface area (Å²) in [6.07, 6.45) is 3.78. The molecule has 0 unspecified atom stereocenters. The Bertz CT molecular complexity index is 386. The smallest absolute Gasteiger partial charge is 0.119 e. The first-order valence-corrected chi connectivity index (χ1v) is 7.12. The molecule has 0 aliphatic carbocycles. The van der Waals surface area contributed by atoms with Gasteiger partial charge >= 0.3 is 0 Å². The van der Waals surface area contributed by atoms with Gasteiger partial charge in [0.2, 0.25) is 0 Å². The van der Waals surface area contributed by atoms with Gasteiger partial charge < -0.3 is 9.64 Å². The van der Waals surface area contributed by atoms with Crippen molar-refractivity contribution < 1.29 is 4.74 Å². The van der Waals surface area contributed by atoms with Crippen LogP contribution in [0.3, 0.4) is 0 Å². The fourth-order valence-corrected chi connectivity index (χ4v) is 3.22. The van der Waals surface area contributed by atoms with Gasteiger partial charge in [-0.25, -0.2) is 0 Å². The van der Waals surface area contributed by atoms with Crippen molar-refractivity contribution in [1.29, 1.82) is 0 Å². The molecule has 1 saturated heterocycles. The van der Waals surface area contributed by atoms with Crippen LogP contribution in [0.5, 0.6) is 5.75 Å². The number of likely N-dealkylation sites (tertiary alicyclic amines) is 1. The molecule has 0 amide bonds. The van der Waals surface area contributed by atoms with E-state index in [0.717, 1.165) is 12.4 Å². The monoisotopic (exact) mass is 247 g/mol.